The number of hydrogen-bond acceptors (Lipinski definition) is 4. The van der Waals surface area contributed by atoms with Crippen LogP contribution in [0.3, 0.4) is 0 Å². The van der Waals surface area contributed by atoms with Crippen molar-refractivity contribution >= 4 is 32.6 Å². The van der Waals surface area contributed by atoms with E-state index in [9.17, 15) is 0 Å². The molecule has 2 aromatic carbocycles. The van der Waals surface area contributed by atoms with Crippen molar-refractivity contribution in [1.82, 2.24) is 14.5 Å². The third kappa shape index (κ3) is 4.07. The molecule has 168 valence electrons. The first-order valence-corrected chi connectivity index (χ1v) is 11.8. The molecule has 0 unspecified atom stereocenters. The van der Waals surface area contributed by atoms with E-state index in [2.05, 4.69) is 65.6 Å². The highest BCUT2D eigenvalue weighted by molar-refractivity contribution is 6.14. The summed E-state index contributed by atoms with van der Waals surface area (Å²) in [6.45, 7) is 13.1. The number of benzene rings is 2. The number of nitrogens with zero attached hydrogens (tertiary/aromatic N) is 3. The molecule has 1 saturated heterocycles. The summed E-state index contributed by atoms with van der Waals surface area (Å²) < 4.78 is 14.1. The van der Waals surface area contributed by atoms with Crippen molar-refractivity contribution in [2.24, 2.45) is 5.92 Å². The smallest absolute Gasteiger partial charge is 0.120 e. The zero-order chi connectivity index (χ0) is 22.1. The predicted molar refractivity (Wildman–Crippen MR) is 132 cm³/mol. The largest absolute Gasteiger partial charge is 0.492 e. The summed E-state index contributed by atoms with van der Waals surface area (Å²) in [7, 11) is 0. The maximum absolute atomic E-state index is 6.19. The highest BCUT2D eigenvalue weighted by Crippen LogP contribution is 2.37. The minimum Gasteiger partial charge on any atom is -0.492 e. The van der Waals surface area contributed by atoms with Gasteiger partial charge in [-0.2, -0.15) is 0 Å². The van der Waals surface area contributed by atoms with Gasteiger partial charge in [-0.25, -0.2) is 0 Å². The minimum atomic E-state index is 0.662. The van der Waals surface area contributed by atoms with E-state index in [0.29, 0.717) is 12.5 Å². The first kappa shape index (κ1) is 21.2. The first-order valence-electron chi connectivity index (χ1n) is 11.8. The van der Waals surface area contributed by atoms with Crippen molar-refractivity contribution in [3.8, 4) is 5.75 Å². The van der Waals surface area contributed by atoms with E-state index in [4.69, 9.17) is 9.47 Å². The third-order valence-electron chi connectivity index (χ3n) is 6.69. The Bertz CT molecular complexity index is 1240. The van der Waals surface area contributed by atoms with Gasteiger partial charge in [0.15, 0.2) is 0 Å². The minimum absolute atomic E-state index is 0.662. The summed E-state index contributed by atoms with van der Waals surface area (Å²) in [6.07, 6.45) is 5.02. The highest BCUT2D eigenvalue weighted by Gasteiger charge is 2.16. The fourth-order valence-corrected chi connectivity index (χ4v) is 4.88. The average Bonchev–Trinajstić information content (AvgIpc) is 3.12. The van der Waals surface area contributed by atoms with E-state index < -0.39 is 0 Å². The molecule has 0 amide bonds. The average molecular weight is 432 g/mol. The molecule has 4 aromatic rings. The van der Waals surface area contributed by atoms with E-state index in [-0.39, 0.29) is 0 Å². The van der Waals surface area contributed by atoms with Gasteiger partial charge in [0.25, 0.3) is 0 Å². The van der Waals surface area contributed by atoms with Gasteiger partial charge in [0.2, 0.25) is 0 Å². The third-order valence-corrected chi connectivity index (χ3v) is 6.69. The van der Waals surface area contributed by atoms with Crippen molar-refractivity contribution in [3.63, 3.8) is 0 Å². The maximum Gasteiger partial charge on any atom is 0.120 e. The van der Waals surface area contributed by atoms with Crippen molar-refractivity contribution < 1.29 is 9.47 Å². The predicted octanol–water partition coefficient (Wildman–Crippen LogP) is 5.41. The Morgan fingerprint density at radius 3 is 2.69 bits per heavy atom. The lowest BCUT2D eigenvalue weighted by atomic mass is 10.0. The summed E-state index contributed by atoms with van der Waals surface area (Å²) in [5, 5.41) is 5.03. The molecular formula is C27H33N3O2. The molecule has 0 radical (unpaired) electrons. The topological polar surface area (TPSA) is 39.5 Å². The van der Waals surface area contributed by atoms with Crippen LogP contribution in [-0.2, 0) is 11.3 Å². The number of fused-ring (bicyclic) bond motifs is 4. The fourth-order valence-electron chi connectivity index (χ4n) is 4.88. The normalized spacial score (nSPS) is 15.4. The first-order chi connectivity index (χ1) is 15.6. The van der Waals surface area contributed by atoms with Crippen LogP contribution in [0.2, 0.25) is 0 Å². The monoisotopic (exact) mass is 431 g/mol. The van der Waals surface area contributed by atoms with Crippen LogP contribution in [0.25, 0.3) is 32.6 Å². The molecule has 1 aliphatic heterocycles. The molecule has 2 aromatic heterocycles. The molecule has 0 atom stereocenters. The Hall–Kier alpha value is -2.63. The molecule has 3 heterocycles. The van der Waals surface area contributed by atoms with E-state index in [1.165, 1.54) is 38.1 Å². The second-order valence-electron chi connectivity index (χ2n) is 9.31. The van der Waals surface area contributed by atoms with Crippen LogP contribution in [0.5, 0.6) is 5.75 Å². The lowest BCUT2D eigenvalue weighted by molar-refractivity contribution is 0.0322. The van der Waals surface area contributed by atoms with Crippen LogP contribution < -0.4 is 4.74 Å². The van der Waals surface area contributed by atoms with Crippen molar-refractivity contribution in [3.05, 3.63) is 48.3 Å². The lowest BCUT2D eigenvalue weighted by Gasteiger charge is -2.26. The van der Waals surface area contributed by atoms with E-state index in [1.807, 2.05) is 12.4 Å². The zero-order valence-corrected chi connectivity index (χ0v) is 19.4. The second kappa shape index (κ2) is 9.08. The number of aromatic nitrogens is 2. The van der Waals surface area contributed by atoms with Crippen molar-refractivity contribution in [2.45, 2.75) is 33.7 Å². The quantitative estimate of drug-likeness (QED) is 0.392. The Labute approximate surface area is 189 Å². The van der Waals surface area contributed by atoms with Crippen LogP contribution in [-0.4, -0.2) is 53.9 Å². The Morgan fingerprint density at radius 1 is 1.03 bits per heavy atom. The van der Waals surface area contributed by atoms with Gasteiger partial charge in [-0.15, -0.1) is 0 Å². The number of aryl methyl sites for hydroxylation is 2. The van der Waals surface area contributed by atoms with Gasteiger partial charge in [0.05, 0.1) is 18.7 Å². The Kier molecular flexibility index (Phi) is 6.03. The van der Waals surface area contributed by atoms with Crippen LogP contribution in [0.1, 0.15) is 25.8 Å². The number of ether oxygens (including phenoxy) is 2. The SMILES string of the molecule is Cc1c2ccncc2cc2c3cc(OCCN4CCOCC4)ccc3n(CCC(C)C)c12. The Morgan fingerprint density at radius 2 is 1.88 bits per heavy atom. The second-order valence-corrected chi connectivity index (χ2v) is 9.31. The van der Waals surface area contributed by atoms with Crippen LogP contribution in [0, 0.1) is 12.8 Å². The zero-order valence-electron chi connectivity index (χ0n) is 19.4. The molecule has 0 N–H and O–H groups in total. The molecule has 0 aliphatic carbocycles. The Balaban J connectivity index is 1.54. The van der Waals surface area contributed by atoms with Crippen LogP contribution >= 0.6 is 0 Å². The molecular weight excluding hydrogens is 398 g/mol. The molecule has 5 heteroatoms. The van der Waals surface area contributed by atoms with E-state index in [0.717, 1.165) is 51.6 Å². The van der Waals surface area contributed by atoms with Gasteiger partial charge in [0, 0.05) is 60.2 Å². The lowest BCUT2D eigenvalue weighted by Crippen LogP contribution is -2.38. The summed E-state index contributed by atoms with van der Waals surface area (Å²) >= 11 is 0. The van der Waals surface area contributed by atoms with Gasteiger partial charge >= 0.3 is 0 Å². The fraction of sp³-hybridized carbons (Fsp3) is 0.444. The van der Waals surface area contributed by atoms with Crippen LogP contribution in [0.15, 0.2) is 42.7 Å². The van der Waals surface area contributed by atoms with Gasteiger partial charge in [-0.3, -0.25) is 9.88 Å². The molecule has 0 saturated carbocycles. The number of hydrogen-bond donors (Lipinski definition) is 0. The summed E-state index contributed by atoms with van der Waals surface area (Å²) in [4.78, 5) is 6.77. The van der Waals surface area contributed by atoms with Crippen LogP contribution in [0.4, 0.5) is 0 Å². The van der Waals surface area contributed by atoms with Crippen molar-refractivity contribution in [2.75, 3.05) is 39.5 Å². The van der Waals surface area contributed by atoms with Gasteiger partial charge in [-0.05, 0) is 60.5 Å². The van der Waals surface area contributed by atoms with Gasteiger partial charge < -0.3 is 14.0 Å². The number of pyridine rings is 1. The molecule has 1 fully saturated rings. The summed E-state index contributed by atoms with van der Waals surface area (Å²) in [5.74, 6) is 1.60. The number of morpholine rings is 1. The molecule has 0 bridgehead atoms. The number of rotatable bonds is 7. The maximum atomic E-state index is 6.19. The van der Waals surface area contributed by atoms with Gasteiger partial charge in [0.1, 0.15) is 12.4 Å². The molecule has 5 nitrogen and oxygen atoms in total. The standard InChI is InChI=1S/C27H33N3O2/c1-19(2)7-9-30-26-5-4-22(32-15-12-29-10-13-31-14-11-29)17-24(26)25-16-21-18-28-8-6-23(21)20(3)27(25)30/h4-6,8,16-19H,7,9-15H2,1-3H3. The van der Waals surface area contributed by atoms with Crippen molar-refractivity contribution in [1.29, 1.82) is 0 Å². The summed E-state index contributed by atoms with van der Waals surface area (Å²) in [5.41, 5.74) is 3.95. The molecule has 0 spiro atoms. The van der Waals surface area contributed by atoms with E-state index >= 15 is 0 Å². The van der Waals surface area contributed by atoms with E-state index in [1.54, 1.807) is 0 Å². The molecule has 32 heavy (non-hydrogen) atoms. The summed E-state index contributed by atoms with van der Waals surface area (Å²) in [6, 6.07) is 11.0. The highest BCUT2D eigenvalue weighted by atomic mass is 16.5. The molecule has 5 rings (SSSR count). The van der Waals surface area contributed by atoms with Gasteiger partial charge in [-0.1, -0.05) is 13.8 Å². The molecule has 1 aliphatic rings.